The molecular formula is C24H24N2O3S3. The van der Waals surface area contributed by atoms with E-state index in [0.717, 1.165) is 22.6 Å². The van der Waals surface area contributed by atoms with Gasteiger partial charge in [-0.1, -0.05) is 17.4 Å². The second-order valence-electron chi connectivity index (χ2n) is 8.89. The Labute approximate surface area is 198 Å². The Bertz CT molecular complexity index is 1200. The molecule has 1 amide bonds. The summed E-state index contributed by atoms with van der Waals surface area (Å²) in [5.41, 5.74) is 0.699. The molecule has 0 spiro atoms. The fourth-order valence-corrected chi connectivity index (χ4v) is 10.0. The zero-order chi connectivity index (χ0) is 21.8. The van der Waals surface area contributed by atoms with Crippen LogP contribution in [0.25, 0.3) is 0 Å². The van der Waals surface area contributed by atoms with Crippen LogP contribution >= 0.6 is 34.4 Å². The van der Waals surface area contributed by atoms with Crippen LogP contribution in [0.4, 0.5) is 5.69 Å². The first-order valence-corrected chi connectivity index (χ1v) is 13.6. The minimum absolute atomic E-state index is 0.0266. The average molecular weight is 485 g/mol. The summed E-state index contributed by atoms with van der Waals surface area (Å²) in [5, 5.41) is 6.64. The molecule has 0 unspecified atom stereocenters. The lowest BCUT2D eigenvalue weighted by Crippen LogP contribution is -2.34. The van der Waals surface area contributed by atoms with Gasteiger partial charge >= 0.3 is 4.87 Å². The molecule has 2 fully saturated rings. The summed E-state index contributed by atoms with van der Waals surface area (Å²) in [5.74, 6) is 2.98. The summed E-state index contributed by atoms with van der Waals surface area (Å²) >= 11 is 5.02. The average Bonchev–Trinajstić information content (AvgIpc) is 3.59. The summed E-state index contributed by atoms with van der Waals surface area (Å²) in [6.45, 7) is 0.0480. The van der Waals surface area contributed by atoms with Crippen LogP contribution < -0.4 is 14.9 Å². The topological polar surface area (TPSA) is 60.3 Å². The van der Waals surface area contributed by atoms with Crippen molar-refractivity contribution in [2.45, 2.75) is 42.0 Å². The Hall–Kier alpha value is -2.03. The highest BCUT2D eigenvalue weighted by molar-refractivity contribution is 8.00. The number of ether oxygens (including phenoxy) is 1. The van der Waals surface area contributed by atoms with Crippen LogP contribution in [0.1, 0.15) is 34.9 Å². The van der Waals surface area contributed by atoms with Crippen LogP contribution in [-0.4, -0.2) is 22.8 Å². The molecule has 8 heteroatoms. The van der Waals surface area contributed by atoms with Gasteiger partial charge < -0.3 is 10.1 Å². The van der Waals surface area contributed by atoms with Gasteiger partial charge in [-0.3, -0.25) is 14.2 Å². The van der Waals surface area contributed by atoms with Crippen molar-refractivity contribution < 1.29 is 9.53 Å². The molecule has 3 aliphatic rings. The van der Waals surface area contributed by atoms with E-state index >= 15 is 0 Å². The molecule has 5 nitrogen and oxygen atoms in total. The summed E-state index contributed by atoms with van der Waals surface area (Å²) in [7, 11) is 1.61. The summed E-state index contributed by atoms with van der Waals surface area (Å²) < 4.78 is 6.89. The van der Waals surface area contributed by atoms with Gasteiger partial charge in [0.1, 0.15) is 12.3 Å². The molecule has 1 aliphatic heterocycles. The van der Waals surface area contributed by atoms with E-state index in [0.29, 0.717) is 22.8 Å². The Kier molecular flexibility index (Phi) is 5.19. The number of thiazole rings is 1. The minimum atomic E-state index is -0.179. The number of nitrogens with one attached hydrogen (secondary N) is 1. The van der Waals surface area contributed by atoms with Gasteiger partial charge in [-0.25, -0.2) is 0 Å². The van der Waals surface area contributed by atoms with Crippen LogP contribution in [0.5, 0.6) is 5.75 Å². The normalized spacial score (nSPS) is 27.7. The largest absolute Gasteiger partial charge is 0.497 e. The van der Waals surface area contributed by atoms with Crippen LogP contribution in [0.15, 0.2) is 51.6 Å². The van der Waals surface area contributed by atoms with Crippen molar-refractivity contribution in [2.24, 2.45) is 17.8 Å². The molecule has 1 N–H and O–H groups in total. The minimum Gasteiger partial charge on any atom is -0.497 e. The fraction of sp³-hybridized carbons (Fsp3) is 0.417. The number of carbonyl (C=O) groups is 1. The van der Waals surface area contributed by atoms with Gasteiger partial charge in [0, 0.05) is 26.6 Å². The van der Waals surface area contributed by atoms with E-state index in [1.807, 2.05) is 36.0 Å². The highest BCUT2D eigenvalue weighted by Gasteiger charge is 2.55. The van der Waals surface area contributed by atoms with E-state index in [2.05, 4.69) is 22.8 Å². The van der Waals surface area contributed by atoms with Crippen molar-refractivity contribution in [3.8, 4) is 5.75 Å². The van der Waals surface area contributed by atoms with Gasteiger partial charge in [0.15, 0.2) is 0 Å². The Morgan fingerprint density at radius 1 is 1.19 bits per heavy atom. The third-order valence-corrected chi connectivity index (χ3v) is 11.0. The van der Waals surface area contributed by atoms with E-state index < -0.39 is 0 Å². The van der Waals surface area contributed by atoms with Gasteiger partial charge in [-0.15, -0.1) is 23.1 Å². The molecule has 0 radical (unpaired) electrons. The fourth-order valence-electron chi connectivity index (χ4n) is 5.89. The van der Waals surface area contributed by atoms with Crippen molar-refractivity contribution in [3.05, 3.63) is 61.2 Å². The first-order valence-electron chi connectivity index (χ1n) is 11.0. The maximum atomic E-state index is 13.1. The van der Waals surface area contributed by atoms with Crippen LogP contribution in [0.2, 0.25) is 0 Å². The van der Waals surface area contributed by atoms with Gasteiger partial charge in [-0.05, 0) is 72.7 Å². The molecule has 2 bridgehead atoms. The van der Waals surface area contributed by atoms with Crippen molar-refractivity contribution in [2.75, 3.05) is 12.4 Å². The van der Waals surface area contributed by atoms with E-state index in [1.165, 1.54) is 40.4 Å². The Morgan fingerprint density at radius 3 is 2.75 bits per heavy atom. The number of anilines is 1. The number of thioether (sulfide) groups is 1. The Morgan fingerprint density at radius 2 is 2.00 bits per heavy atom. The highest BCUT2D eigenvalue weighted by atomic mass is 32.2. The number of fused-ring (bicyclic) bond motifs is 6. The summed E-state index contributed by atoms with van der Waals surface area (Å²) in [6, 6.07) is 11.6. The SMILES string of the molecule is COc1ccc(NC(=O)Cn2c3c(sc2=O)[C@H](c2cccs2)[C@H]2[C@H]4CC[C@@H](C4)[C@@H]2S3)cc1. The monoisotopic (exact) mass is 484 g/mol. The highest BCUT2D eigenvalue weighted by Crippen LogP contribution is 2.64. The molecule has 166 valence electrons. The molecule has 3 aromatic rings. The molecule has 2 aromatic heterocycles. The third-order valence-electron chi connectivity index (χ3n) is 7.22. The van der Waals surface area contributed by atoms with Crippen LogP contribution in [0, 0.1) is 17.8 Å². The number of carbonyl (C=O) groups excluding carboxylic acids is 1. The smallest absolute Gasteiger partial charge is 0.308 e. The molecular weight excluding hydrogens is 460 g/mol. The standard InChI is InChI=1S/C24H24N2O3S3/c1-29-16-8-6-15(7-9-16)25-18(27)12-26-23-22(32-24(26)28)20(17-3-2-10-30-17)19-13-4-5-14(11-13)21(19)31-23/h2-3,6-10,13-14,19-21H,4-5,11-12H2,1H3,(H,25,27)/t13-,14-,19+,20+,21-/m0/s1. The van der Waals surface area contributed by atoms with Crippen molar-refractivity contribution in [1.29, 1.82) is 0 Å². The predicted octanol–water partition coefficient (Wildman–Crippen LogP) is 5.27. The Balaban J connectivity index is 1.32. The lowest BCUT2D eigenvalue weighted by molar-refractivity contribution is -0.116. The molecule has 2 aliphatic carbocycles. The van der Waals surface area contributed by atoms with Crippen molar-refractivity contribution in [3.63, 3.8) is 0 Å². The lowest BCUT2D eigenvalue weighted by Gasteiger charge is -2.40. The quantitative estimate of drug-likeness (QED) is 0.536. The number of methoxy groups -OCH3 is 1. The first-order chi connectivity index (χ1) is 15.6. The van der Waals surface area contributed by atoms with Gasteiger partial charge in [0.2, 0.25) is 5.91 Å². The number of benzene rings is 1. The molecule has 0 saturated heterocycles. The molecule has 32 heavy (non-hydrogen) atoms. The number of aromatic nitrogens is 1. The van der Waals surface area contributed by atoms with Crippen molar-refractivity contribution >= 4 is 46.0 Å². The maximum absolute atomic E-state index is 13.1. The number of amides is 1. The van der Waals surface area contributed by atoms with Crippen molar-refractivity contribution in [1.82, 2.24) is 4.57 Å². The number of rotatable bonds is 5. The van der Waals surface area contributed by atoms with E-state index in [4.69, 9.17) is 4.74 Å². The molecule has 3 heterocycles. The molecule has 5 atom stereocenters. The first kappa shape index (κ1) is 20.6. The maximum Gasteiger partial charge on any atom is 0.308 e. The second-order valence-corrected chi connectivity index (χ2v) is 12.0. The van der Waals surface area contributed by atoms with E-state index in [9.17, 15) is 9.59 Å². The number of hydrogen-bond acceptors (Lipinski definition) is 6. The van der Waals surface area contributed by atoms with E-state index in [-0.39, 0.29) is 17.3 Å². The van der Waals surface area contributed by atoms with Crippen LogP contribution in [0.3, 0.4) is 0 Å². The zero-order valence-corrected chi connectivity index (χ0v) is 20.1. The summed E-state index contributed by atoms with van der Waals surface area (Å²) in [6.07, 6.45) is 3.95. The number of thiophene rings is 1. The third kappa shape index (κ3) is 3.35. The lowest BCUT2D eigenvalue weighted by atomic mass is 9.77. The predicted molar refractivity (Wildman–Crippen MR) is 130 cm³/mol. The molecule has 1 aromatic carbocycles. The number of hydrogen-bond donors (Lipinski definition) is 1. The molecule has 2 saturated carbocycles. The van der Waals surface area contributed by atoms with Crippen LogP contribution in [-0.2, 0) is 11.3 Å². The van der Waals surface area contributed by atoms with Gasteiger partial charge in [0.05, 0.1) is 12.1 Å². The van der Waals surface area contributed by atoms with Gasteiger partial charge in [-0.2, -0.15) is 0 Å². The second kappa shape index (κ2) is 8.08. The zero-order valence-electron chi connectivity index (χ0n) is 17.7. The number of nitrogens with zero attached hydrogens (tertiary/aromatic N) is 1. The molecule has 6 rings (SSSR count). The van der Waals surface area contributed by atoms with E-state index in [1.54, 1.807) is 23.0 Å². The summed E-state index contributed by atoms with van der Waals surface area (Å²) in [4.78, 5) is 28.4. The van der Waals surface area contributed by atoms with Gasteiger partial charge in [0.25, 0.3) is 0 Å².